The van der Waals surface area contributed by atoms with Crippen LogP contribution in [0.1, 0.15) is 11.1 Å². The van der Waals surface area contributed by atoms with Gasteiger partial charge in [-0.15, -0.1) is 0 Å². The van der Waals surface area contributed by atoms with Crippen molar-refractivity contribution in [1.29, 1.82) is 0 Å². The van der Waals surface area contributed by atoms with Gasteiger partial charge in [-0.05, 0) is 41.0 Å². The third kappa shape index (κ3) is 6.07. The average Bonchev–Trinajstić information content (AvgIpc) is 2.63. The number of hydrogen-bond donors (Lipinski definition) is 0. The summed E-state index contributed by atoms with van der Waals surface area (Å²) >= 11 is 0. The Bertz CT molecular complexity index is 562. The molecule has 0 aliphatic rings. The molecule has 2 aromatic carbocycles. The Balaban J connectivity index is 1.62. The van der Waals surface area contributed by atoms with Gasteiger partial charge < -0.3 is 18.9 Å². The van der Waals surface area contributed by atoms with Crippen molar-refractivity contribution >= 4 is 0 Å². The number of rotatable bonds is 10. The van der Waals surface area contributed by atoms with E-state index in [0.29, 0.717) is 26.4 Å². The zero-order valence-corrected chi connectivity index (χ0v) is 14.3. The van der Waals surface area contributed by atoms with E-state index in [9.17, 15) is 0 Å². The molecule has 0 fully saturated rings. The molecule has 0 heterocycles. The van der Waals surface area contributed by atoms with E-state index in [2.05, 4.69) is 6.58 Å². The number of hydrogen-bond acceptors (Lipinski definition) is 4. The molecule has 0 amide bonds. The third-order valence-electron chi connectivity index (χ3n) is 3.47. The highest BCUT2D eigenvalue weighted by Crippen LogP contribution is 2.13. The molecule has 0 atom stereocenters. The maximum atomic E-state index is 5.65. The molecule has 24 heavy (non-hydrogen) atoms. The molecule has 4 nitrogen and oxygen atoms in total. The molecular weight excluding hydrogens is 304 g/mol. The summed E-state index contributed by atoms with van der Waals surface area (Å²) in [7, 11) is 3.31. The fourth-order valence-electron chi connectivity index (χ4n) is 2.11. The van der Waals surface area contributed by atoms with Crippen LogP contribution in [0.3, 0.4) is 0 Å². The molecule has 0 aromatic heterocycles. The van der Waals surface area contributed by atoms with Gasteiger partial charge in [0.25, 0.3) is 0 Å². The van der Waals surface area contributed by atoms with Crippen LogP contribution >= 0.6 is 0 Å². The molecule has 0 unspecified atom stereocenters. The van der Waals surface area contributed by atoms with Crippen LogP contribution in [-0.2, 0) is 22.7 Å². The van der Waals surface area contributed by atoms with Crippen LogP contribution in [0.15, 0.2) is 60.7 Å². The lowest BCUT2D eigenvalue weighted by molar-refractivity contribution is 0.105. The molecule has 0 saturated carbocycles. The summed E-state index contributed by atoms with van der Waals surface area (Å²) in [5, 5.41) is 0. The van der Waals surface area contributed by atoms with Crippen molar-refractivity contribution in [2.24, 2.45) is 0 Å². The van der Waals surface area contributed by atoms with Crippen LogP contribution in [-0.4, -0.2) is 27.4 Å². The standard InChI is InChI=1S/C20H24O4/c1-16(12-23-14-17-4-8-19(21-2)9-5-17)13-24-15-18-6-10-20(22-3)11-7-18/h4-11H,1,12-15H2,2-3H3. The topological polar surface area (TPSA) is 36.9 Å². The lowest BCUT2D eigenvalue weighted by Crippen LogP contribution is -2.05. The summed E-state index contributed by atoms with van der Waals surface area (Å²) in [4.78, 5) is 0. The first-order chi connectivity index (χ1) is 11.7. The smallest absolute Gasteiger partial charge is 0.118 e. The Labute approximate surface area is 143 Å². The van der Waals surface area contributed by atoms with Crippen molar-refractivity contribution in [3.05, 3.63) is 71.8 Å². The molecule has 2 rings (SSSR count). The summed E-state index contributed by atoms with van der Waals surface area (Å²) in [6, 6.07) is 15.6. The maximum absolute atomic E-state index is 5.65. The van der Waals surface area contributed by atoms with Crippen molar-refractivity contribution in [1.82, 2.24) is 0 Å². The monoisotopic (exact) mass is 328 g/mol. The van der Waals surface area contributed by atoms with Gasteiger partial charge in [0.1, 0.15) is 11.5 Å². The van der Waals surface area contributed by atoms with E-state index in [1.165, 1.54) is 0 Å². The second kappa shape index (κ2) is 9.75. The van der Waals surface area contributed by atoms with Gasteiger partial charge in [-0.25, -0.2) is 0 Å². The van der Waals surface area contributed by atoms with Crippen LogP contribution < -0.4 is 9.47 Å². The highest BCUT2D eigenvalue weighted by atomic mass is 16.5. The molecule has 4 heteroatoms. The van der Waals surface area contributed by atoms with Crippen molar-refractivity contribution in [2.75, 3.05) is 27.4 Å². The van der Waals surface area contributed by atoms with Crippen molar-refractivity contribution < 1.29 is 18.9 Å². The normalized spacial score (nSPS) is 10.4. The van der Waals surface area contributed by atoms with E-state index in [1.54, 1.807) is 14.2 Å². The first-order valence-electron chi connectivity index (χ1n) is 7.79. The minimum Gasteiger partial charge on any atom is -0.497 e. The van der Waals surface area contributed by atoms with Gasteiger partial charge in [-0.2, -0.15) is 0 Å². The predicted molar refractivity (Wildman–Crippen MR) is 94.4 cm³/mol. The van der Waals surface area contributed by atoms with Crippen LogP contribution in [0.2, 0.25) is 0 Å². The van der Waals surface area contributed by atoms with Crippen LogP contribution in [0.4, 0.5) is 0 Å². The van der Waals surface area contributed by atoms with Gasteiger partial charge in [0.05, 0.1) is 40.6 Å². The fraction of sp³-hybridized carbons (Fsp3) is 0.300. The fourth-order valence-corrected chi connectivity index (χ4v) is 2.11. The summed E-state index contributed by atoms with van der Waals surface area (Å²) in [6.07, 6.45) is 0. The highest BCUT2D eigenvalue weighted by Gasteiger charge is 2.00. The summed E-state index contributed by atoms with van der Waals surface area (Å²) in [5.74, 6) is 1.69. The Morgan fingerprint density at radius 1 is 0.708 bits per heavy atom. The highest BCUT2D eigenvalue weighted by molar-refractivity contribution is 5.27. The lowest BCUT2D eigenvalue weighted by atomic mass is 10.2. The SMILES string of the molecule is C=C(COCc1ccc(OC)cc1)COCc1ccc(OC)cc1. The maximum Gasteiger partial charge on any atom is 0.118 e. The molecule has 0 radical (unpaired) electrons. The molecule has 0 bridgehead atoms. The minimum absolute atomic E-state index is 0.481. The first kappa shape index (κ1) is 18.0. The second-order valence-electron chi connectivity index (χ2n) is 5.43. The van der Waals surface area contributed by atoms with Crippen molar-refractivity contribution in [3.8, 4) is 11.5 Å². The van der Waals surface area contributed by atoms with Crippen LogP contribution in [0, 0.1) is 0 Å². The Morgan fingerprint density at radius 3 is 1.42 bits per heavy atom. The number of methoxy groups -OCH3 is 2. The average molecular weight is 328 g/mol. The van der Waals surface area contributed by atoms with Gasteiger partial charge in [0.2, 0.25) is 0 Å². The van der Waals surface area contributed by atoms with E-state index in [0.717, 1.165) is 28.2 Å². The quantitative estimate of drug-likeness (QED) is 0.618. The van der Waals surface area contributed by atoms with Gasteiger partial charge in [-0.1, -0.05) is 30.8 Å². The van der Waals surface area contributed by atoms with Gasteiger partial charge >= 0.3 is 0 Å². The van der Waals surface area contributed by atoms with E-state index in [-0.39, 0.29) is 0 Å². The van der Waals surface area contributed by atoms with Gasteiger partial charge in [0.15, 0.2) is 0 Å². The van der Waals surface area contributed by atoms with Crippen LogP contribution in [0.25, 0.3) is 0 Å². The molecule has 0 saturated heterocycles. The second-order valence-corrected chi connectivity index (χ2v) is 5.43. The minimum atomic E-state index is 0.481. The third-order valence-corrected chi connectivity index (χ3v) is 3.47. The Morgan fingerprint density at radius 2 is 1.08 bits per heavy atom. The largest absolute Gasteiger partial charge is 0.497 e. The van der Waals surface area contributed by atoms with E-state index >= 15 is 0 Å². The molecule has 128 valence electrons. The number of ether oxygens (including phenoxy) is 4. The molecule has 0 spiro atoms. The Kier molecular flexibility index (Phi) is 7.33. The Hall–Kier alpha value is -2.30. The zero-order chi connectivity index (χ0) is 17.2. The molecular formula is C20H24O4. The van der Waals surface area contributed by atoms with Gasteiger partial charge in [-0.3, -0.25) is 0 Å². The van der Waals surface area contributed by atoms with E-state index in [1.807, 2.05) is 48.5 Å². The lowest BCUT2D eigenvalue weighted by Gasteiger charge is -2.09. The van der Waals surface area contributed by atoms with Crippen LogP contribution in [0.5, 0.6) is 11.5 Å². The zero-order valence-electron chi connectivity index (χ0n) is 14.3. The van der Waals surface area contributed by atoms with Gasteiger partial charge in [0, 0.05) is 0 Å². The predicted octanol–water partition coefficient (Wildman–Crippen LogP) is 3.99. The molecule has 0 aliphatic heterocycles. The summed E-state index contributed by atoms with van der Waals surface area (Å²) in [6.45, 7) is 6.03. The first-order valence-corrected chi connectivity index (χ1v) is 7.79. The molecule has 2 aromatic rings. The molecule has 0 N–H and O–H groups in total. The number of benzene rings is 2. The summed E-state index contributed by atoms with van der Waals surface area (Å²) < 4.78 is 21.6. The van der Waals surface area contributed by atoms with E-state index in [4.69, 9.17) is 18.9 Å². The van der Waals surface area contributed by atoms with Crippen molar-refractivity contribution in [2.45, 2.75) is 13.2 Å². The molecule has 0 aliphatic carbocycles. The summed E-state index contributed by atoms with van der Waals surface area (Å²) in [5.41, 5.74) is 3.11. The van der Waals surface area contributed by atoms with E-state index < -0.39 is 0 Å². The van der Waals surface area contributed by atoms with Crippen molar-refractivity contribution in [3.63, 3.8) is 0 Å².